The second-order valence-electron chi connectivity index (χ2n) is 4.74. The van der Waals surface area contributed by atoms with E-state index in [9.17, 15) is 4.79 Å². The highest BCUT2D eigenvalue weighted by Crippen LogP contribution is 2.05. The molecule has 0 aliphatic rings. The van der Waals surface area contributed by atoms with E-state index in [-0.39, 0.29) is 11.9 Å². The van der Waals surface area contributed by atoms with Crippen LogP contribution < -0.4 is 10.6 Å². The fourth-order valence-electron chi connectivity index (χ4n) is 1.45. The molecule has 0 radical (unpaired) electrons. The Kier molecular flexibility index (Phi) is 5.00. The first-order chi connectivity index (χ1) is 7.99. The van der Waals surface area contributed by atoms with Gasteiger partial charge in [0.1, 0.15) is 6.04 Å². The topological polar surface area (TPSA) is 59.0 Å². The summed E-state index contributed by atoms with van der Waals surface area (Å²) < 4.78 is 1.70. The van der Waals surface area contributed by atoms with Gasteiger partial charge >= 0.3 is 0 Å². The van der Waals surface area contributed by atoms with E-state index >= 15 is 0 Å². The molecule has 0 bridgehead atoms. The highest BCUT2D eigenvalue weighted by atomic mass is 16.2. The lowest BCUT2D eigenvalue weighted by atomic mass is 10.1. The van der Waals surface area contributed by atoms with Crippen molar-refractivity contribution in [2.24, 2.45) is 13.0 Å². The number of hydrogen-bond acceptors (Lipinski definition) is 3. The Labute approximate surface area is 103 Å². The van der Waals surface area contributed by atoms with Crippen LogP contribution in [0.3, 0.4) is 0 Å². The number of aryl methyl sites for hydroxylation is 1. The van der Waals surface area contributed by atoms with Gasteiger partial charge in [0.15, 0.2) is 0 Å². The Morgan fingerprint density at radius 3 is 2.71 bits per heavy atom. The second-order valence-corrected chi connectivity index (χ2v) is 4.74. The molecule has 0 aliphatic heterocycles. The summed E-state index contributed by atoms with van der Waals surface area (Å²) in [6.45, 7) is 6.86. The summed E-state index contributed by atoms with van der Waals surface area (Å²) in [5.41, 5.74) is 0.860. The van der Waals surface area contributed by atoms with E-state index in [1.807, 2.05) is 20.2 Å². The van der Waals surface area contributed by atoms with Gasteiger partial charge in [0.05, 0.1) is 11.9 Å². The summed E-state index contributed by atoms with van der Waals surface area (Å²) in [6.07, 6.45) is 4.56. The molecule has 17 heavy (non-hydrogen) atoms. The van der Waals surface area contributed by atoms with Crippen molar-refractivity contribution in [1.82, 2.24) is 15.1 Å². The number of hydrogen-bond donors (Lipinski definition) is 2. The van der Waals surface area contributed by atoms with Crippen molar-refractivity contribution in [3.8, 4) is 0 Å². The number of aromatic nitrogens is 2. The molecule has 1 heterocycles. The smallest absolute Gasteiger partial charge is 0.242 e. The third kappa shape index (κ3) is 4.89. The Hall–Kier alpha value is -1.52. The first kappa shape index (κ1) is 13.5. The van der Waals surface area contributed by atoms with Crippen LogP contribution in [0, 0.1) is 5.92 Å². The van der Waals surface area contributed by atoms with Gasteiger partial charge in [0.25, 0.3) is 0 Å². The zero-order valence-electron chi connectivity index (χ0n) is 11.0. The molecule has 1 amide bonds. The largest absolute Gasteiger partial charge is 0.371 e. The molecule has 0 spiro atoms. The van der Waals surface area contributed by atoms with Crippen LogP contribution in [0.25, 0.3) is 0 Å². The van der Waals surface area contributed by atoms with E-state index in [0.717, 1.165) is 18.7 Å². The molecule has 0 fully saturated rings. The molecule has 1 atom stereocenters. The summed E-state index contributed by atoms with van der Waals surface area (Å²) in [6, 6.07) is -0.244. The Morgan fingerprint density at radius 2 is 2.18 bits per heavy atom. The van der Waals surface area contributed by atoms with E-state index in [4.69, 9.17) is 0 Å². The minimum atomic E-state index is -0.244. The molecule has 0 saturated carbocycles. The van der Waals surface area contributed by atoms with Gasteiger partial charge in [0, 0.05) is 19.8 Å². The van der Waals surface area contributed by atoms with Gasteiger partial charge in [-0.15, -0.1) is 0 Å². The van der Waals surface area contributed by atoms with Crippen LogP contribution in [0.4, 0.5) is 5.69 Å². The van der Waals surface area contributed by atoms with Crippen LogP contribution in [0.5, 0.6) is 0 Å². The third-order valence-corrected chi connectivity index (χ3v) is 2.50. The Morgan fingerprint density at radius 1 is 1.47 bits per heavy atom. The van der Waals surface area contributed by atoms with E-state index in [2.05, 4.69) is 29.6 Å². The van der Waals surface area contributed by atoms with Crippen molar-refractivity contribution < 1.29 is 4.79 Å². The minimum Gasteiger partial charge on any atom is -0.371 e. The Balaban J connectivity index is 2.31. The lowest BCUT2D eigenvalue weighted by Crippen LogP contribution is -2.38. The summed E-state index contributed by atoms with van der Waals surface area (Å²) in [5, 5.41) is 10.1. The van der Waals surface area contributed by atoms with Crippen molar-refractivity contribution in [1.29, 1.82) is 0 Å². The average molecular weight is 238 g/mol. The van der Waals surface area contributed by atoms with Crippen LogP contribution in [-0.2, 0) is 11.8 Å². The number of carbonyl (C=O) groups excluding carboxylic acids is 1. The molecule has 2 N–H and O–H groups in total. The predicted molar refractivity (Wildman–Crippen MR) is 68.8 cm³/mol. The van der Waals surface area contributed by atoms with Crippen molar-refractivity contribution in [3.05, 3.63) is 12.4 Å². The SMILES string of the molecule is CC(C)CCNC(=O)C(C)Nc1cnn(C)c1. The second kappa shape index (κ2) is 6.27. The Bertz CT molecular complexity index is 359. The van der Waals surface area contributed by atoms with Crippen molar-refractivity contribution in [3.63, 3.8) is 0 Å². The zero-order chi connectivity index (χ0) is 12.8. The standard InChI is InChI=1S/C12H22N4O/c1-9(2)5-6-13-12(17)10(3)15-11-7-14-16(4)8-11/h7-10,15H,5-6H2,1-4H3,(H,13,17). The van der Waals surface area contributed by atoms with E-state index < -0.39 is 0 Å². The highest BCUT2D eigenvalue weighted by molar-refractivity contribution is 5.83. The zero-order valence-corrected chi connectivity index (χ0v) is 11.0. The molecule has 5 nitrogen and oxygen atoms in total. The first-order valence-electron chi connectivity index (χ1n) is 6.02. The molecule has 5 heteroatoms. The molecular formula is C12H22N4O. The number of carbonyl (C=O) groups is 1. The monoisotopic (exact) mass is 238 g/mol. The number of anilines is 1. The predicted octanol–water partition coefficient (Wildman–Crippen LogP) is 1.38. The number of nitrogens with one attached hydrogen (secondary N) is 2. The van der Waals surface area contributed by atoms with Crippen molar-refractivity contribution in [2.75, 3.05) is 11.9 Å². The first-order valence-corrected chi connectivity index (χ1v) is 6.02. The lowest BCUT2D eigenvalue weighted by molar-refractivity contribution is -0.121. The van der Waals surface area contributed by atoms with Gasteiger partial charge in [-0.05, 0) is 19.3 Å². The number of nitrogens with zero attached hydrogens (tertiary/aromatic N) is 2. The average Bonchev–Trinajstić information content (AvgIpc) is 2.63. The third-order valence-electron chi connectivity index (χ3n) is 2.50. The van der Waals surface area contributed by atoms with Gasteiger partial charge in [-0.2, -0.15) is 5.10 Å². The summed E-state index contributed by atoms with van der Waals surface area (Å²) in [7, 11) is 1.85. The maximum atomic E-state index is 11.7. The van der Waals surface area contributed by atoms with E-state index in [1.54, 1.807) is 10.9 Å². The number of amides is 1. The molecule has 1 aromatic heterocycles. The van der Waals surface area contributed by atoms with Gasteiger partial charge in [-0.25, -0.2) is 0 Å². The van der Waals surface area contributed by atoms with E-state index in [1.165, 1.54) is 0 Å². The van der Waals surface area contributed by atoms with Gasteiger partial charge in [0.2, 0.25) is 5.91 Å². The van der Waals surface area contributed by atoms with E-state index in [0.29, 0.717) is 5.92 Å². The van der Waals surface area contributed by atoms with Crippen molar-refractivity contribution >= 4 is 11.6 Å². The maximum absolute atomic E-state index is 11.7. The highest BCUT2D eigenvalue weighted by Gasteiger charge is 2.12. The maximum Gasteiger partial charge on any atom is 0.242 e. The molecular weight excluding hydrogens is 216 g/mol. The van der Waals surface area contributed by atoms with Crippen LogP contribution in [0.15, 0.2) is 12.4 Å². The van der Waals surface area contributed by atoms with Gasteiger partial charge in [-0.1, -0.05) is 13.8 Å². The quantitative estimate of drug-likeness (QED) is 0.787. The molecule has 0 saturated heterocycles. The molecule has 1 rings (SSSR count). The van der Waals surface area contributed by atoms with Crippen molar-refractivity contribution in [2.45, 2.75) is 33.2 Å². The summed E-state index contributed by atoms with van der Waals surface area (Å²) in [4.78, 5) is 11.7. The summed E-state index contributed by atoms with van der Waals surface area (Å²) >= 11 is 0. The van der Waals surface area contributed by atoms with Crippen LogP contribution >= 0.6 is 0 Å². The molecule has 0 aliphatic carbocycles. The molecule has 1 aromatic rings. The summed E-state index contributed by atoms with van der Waals surface area (Å²) in [5.74, 6) is 0.631. The fourth-order valence-corrected chi connectivity index (χ4v) is 1.45. The molecule has 96 valence electrons. The minimum absolute atomic E-state index is 0.0227. The molecule has 0 aromatic carbocycles. The van der Waals surface area contributed by atoms with Crippen LogP contribution in [0.1, 0.15) is 27.2 Å². The normalized spacial score (nSPS) is 12.5. The van der Waals surface area contributed by atoms with Gasteiger partial charge < -0.3 is 10.6 Å². The fraction of sp³-hybridized carbons (Fsp3) is 0.667. The van der Waals surface area contributed by atoms with Gasteiger partial charge in [-0.3, -0.25) is 9.48 Å². The van der Waals surface area contributed by atoms with Crippen LogP contribution in [0.2, 0.25) is 0 Å². The van der Waals surface area contributed by atoms with Crippen LogP contribution in [-0.4, -0.2) is 28.3 Å². The molecule has 1 unspecified atom stereocenters. The lowest BCUT2D eigenvalue weighted by Gasteiger charge is -2.14. The number of rotatable bonds is 6.